The molecule has 0 aliphatic heterocycles. The van der Waals surface area contributed by atoms with E-state index in [9.17, 15) is 13.2 Å². The van der Waals surface area contributed by atoms with Gasteiger partial charge in [-0.3, -0.25) is 4.79 Å². The highest BCUT2D eigenvalue weighted by Crippen LogP contribution is 2.31. The van der Waals surface area contributed by atoms with Crippen molar-refractivity contribution in [1.82, 2.24) is 4.72 Å². The average molecular weight is 235 g/mol. The molecule has 0 heterocycles. The molecule has 0 atom stereocenters. The van der Waals surface area contributed by atoms with Crippen LogP contribution in [0.25, 0.3) is 0 Å². The highest BCUT2D eigenvalue weighted by molar-refractivity contribution is 7.88. The number of rotatable bonds is 4. The van der Waals surface area contributed by atoms with Crippen LogP contribution in [0.5, 0.6) is 0 Å². The van der Waals surface area contributed by atoms with E-state index in [1.165, 1.54) is 0 Å². The van der Waals surface area contributed by atoms with Crippen molar-refractivity contribution < 1.29 is 18.3 Å². The monoisotopic (exact) mass is 235 g/mol. The van der Waals surface area contributed by atoms with Crippen LogP contribution in [0.4, 0.5) is 0 Å². The summed E-state index contributed by atoms with van der Waals surface area (Å²) in [6.07, 6.45) is 5.00. The number of hydrogen-bond donors (Lipinski definition) is 2. The van der Waals surface area contributed by atoms with Crippen molar-refractivity contribution in [3.63, 3.8) is 0 Å². The van der Waals surface area contributed by atoms with Crippen LogP contribution in [0.3, 0.4) is 0 Å². The molecule has 1 fully saturated rings. The van der Waals surface area contributed by atoms with Crippen LogP contribution in [-0.4, -0.2) is 31.3 Å². The molecule has 0 aromatic heterocycles. The first-order valence-electron chi connectivity index (χ1n) is 5.04. The maximum absolute atomic E-state index is 11.2. The SMILES string of the molecule is CS(=O)(=O)NC1(CC(=O)O)CCCCC1. The number of hydrogen-bond acceptors (Lipinski definition) is 3. The Morgan fingerprint density at radius 2 is 1.87 bits per heavy atom. The first-order chi connectivity index (χ1) is 6.83. The van der Waals surface area contributed by atoms with Gasteiger partial charge in [-0.15, -0.1) is 0 Å². The molecule has 15 heavy (non-hydrogen) atoms. The van der Waals surface area contributed by atoms with Gasteiger partial charge in [0, 0.05) is 5.54 Å². The summed E-state index contributed by atoms with van der Waals surface area (Å²) in [5.74, 6) is -0.951. The fourth-order valence-corrected chi connectivity index (χ4v) is 3.29. The van der Waals surface area contributed by atoms with Crippen LogP contribution >= 0.6 is 0 Å². The van der Waals surface area contributed by atoms with E-state index < -0.39 is 21.5 Å². The van der Waals surface area contributed by atoms with E-state index in [0.717, 1.165) is 25.5 Å². The van der Waals surface area contributed by atoms with Gasteiger partial charge in [0.25, 0.3) is 0 Å². The minimum atomic E-state index is -3.34. The van der Waals surface area contributed by atoms with Gasteiger partial charge in [-0.25, -0.2) is 13.1 Å². The van der Waals surface area contributed by atoms with Crippen LogP contribution in [0.15, 0.2) is 0 Å². The first kappa shape index (κ1) is 12.4. The highest BCUT2D eigenvalue weighted by atomic mass is 32.2. The predicted molar refractivity (Wildman–Crippen MR) is 56.0 cm³/mol. The lowest BCUT2D eigenvalue weighted by atomic mass is 9.80. The quantitative estimate of drug-likeness (QED) is 0.751. The summed E-state index contributed by atoms with van der Waals surface area (Å²) in [5.41, 5.74) is -0.752. The molecular weight excluding hydrogens is 218 g/mol. The Balaban J connectivity index is 2.79. The van der Waals surface area contributed by atoms with Gasteiger partial charge in [0.05, 0.1) is 12.7 Å². The standard InChI is InChI=1S/C9H17NO4S/c1-15(13,14)10-9(7-8(11)12)5-3-2-4-6-9/h10H,2-7H2,1H3,(H,11,12). The van der Waals surface area contributed by atoms with E-state index in [1.807, 2.05) is 0 Å². The second-order valence-corrected chi connectivity index (χ2v) is 6.03. The molecule has 0 unspecified atom stereocenters. The molecule has 6 heteroatoms. The Kier molecular flexibility index (Phi) is 3.72. The second kappa shape index (κ2) is 4.49. The largest absolute Gasteiger partial charge is 0.481 e. The third-order valence-corrected chi connectivity index (χ3v) is 3.51. The Morgan fingerprint density at radius 3 is 2.27 bits per heavy atom. The molecule has 0 aromatic rings. The maximum atomic E-state index is 11.2. The summed E-state index contributed by atoms with van der Waals surface area (Å²) in [4.78, 5) is 10.7. The van der Waals surface area contributed by atoms with Gasteiger partial charge in [-0.05, 0) is 12.8 Å². The Hall–Kier alpha value is -0.620. The van der Waals surface area contributed by atoms with E-state index in [2.05, 4.69) is 4.72 Å². The van der Waals surface area contributed by atoms with Gasteiger partial charge in [0.15, 0.2) is 0 Å². The smallest absolute Gasteiger partial charge is 0.305 e. The highest BCUT2D eigenvalue weighted by Gasteiger charge is 2.36. The molecule has 2 N–H and O–H groups in total. The van der Waals surface area contributed by atoms with Crippen molar-refractivity contribution in [2.75, 3.05) is 6.26 Å². The van der Waals surface area contributed by atoms with E-state index >= 15 is 0 Å². The Morgan fingerprint density at radius 1 is 1.33 bits per heavy atom. The van der Waals surface area contributed by atoms with E-state index in [4.69, 9.17) is 5.11 Å². The summed E-state index contributed by atoms with van der Waals surface area (Å²) >= 11 is 0. The predicted octanol–water partition coefficient (Wildman–Crippen LogP) is 0.713. The normalized spacial score (nSPS) is 21.1. The number of carboxylic acids is 1. The molecule has 0 radical (unpaired) electrons. The van der Waals surface area contributed by atoms with E-state index in [0.29, 0.717) is 12.8 Å². The number of carboxylic acid groups (broad SMARTS) is 1. The fourth-order valence-electron chi connectivity index (χ4n) is 2.23. The molecule has 1 rings (SSSR count). The van der Waals surface area contributed by atoms with Crippen molar-refractivity contribution in [1.29, 1.82) is 0 Å². The maximum Gasteiger partial charge on any atom is 0.305 e. The van der Waals surface area contributed by atoms with Crippen molar-refractivity contribution in [3.05, 3.63) is 0 Å². The van der Waals surface area contributed by atoms with Crippen LogP contribution < -0.4 is 4.72 Å². The third kappa shape index (κ3) is 4.17. The summed E-state index contributed by atoms with van der Waals surface area (Å²) < 4.78 is 24.9. The number of carbonyl (C=O) groups is 1. The summed E-state index contributed by atoms with van der Waals surface area (Å²) in [5, 5.41) is 8.79. The van der Waals surface area contributed by atoms with Gasteiger partial charge in [0.1, 0.15) is 0 Å². The van der Waals surface area contributed by atoms with Crippen molar-refractivity contribution in [3.8, 4) is 0 Å². The van der Waals surface area contributed by atoms with E-state index in [-0.39, 0.29) is 6.42 Å². The molecule has 88 valence electrons. The molecule has 1 aliphatic carbocycles. The molecule has 5 nitrogen and oxygen atoms in total. The minimum Gasteiger partial charge on any atom is -0.481 e. The van der Waals surface area contributed by atoms with Gasteiger partial charge < -0.3 is 5.11 Å². The molecular formula is C9H17NO4S. The molecule has 0 aromatic carbocycles. The molecule has 0 amide bonds. The van der Waals surface area contributed by atoms with Crippen LogP contribution in [0.1, 0.15) is 38.5 Å². The zero-order valence-corrected chi connectivity index (χ0v) is 9.64. The van der Waals surface area contributed by atoms with Crippen molar-refractivity contribution >= 4 is 16.0 Å². The molecule has 1 saturated carbocycles. The van der Waals surface area contributed by atoms with Gasteiger partial charge in [-0.1, -0.05) is 19.3 Å². The topological polar surface area (TPSA) is 83.5 Å². The number of nitrogens with one attached hydrogen (secondary N) is 1. The molecule has 1 aliphatic rings. The average Bonchev–Trinajstić information content (AvgIpc) is 1.99. The second-order valence-electron chi connectivity index (χ2n) is 4.29. The van der Waals surface area contributed by atoms with Gasteiger partial charge >= 0.3 is 5.97 Å². The van der Waals surface area contributed by atoms with Crippen LogP contribution in [0.2, 0.25) is 0 Å². The lowest BCUT2D eigenvalue weighted by Crippen LogP contribution is -2.50. The zero-order chi connectivity index (χ0) is 11.5. The molecule has 0 saturated heterocycles. The lowest BCUT2D eigenvalue weighted by Gasteiger charge is -2.36. The third-order valence-electron chi connectivity index (χ3n) is 2.70. The molecule has 0 bridgehead atoms. The number of sulfonamides is 1. The van der Waals surface area contributed by atoms with Gasteiger partial charge in [0.2, 0.25) is 10.0 Å². The first-order valence-corrected chi connectivity index (χ1v) is 6.93. The van der Waals surface area contributed by atoms with E-state index in [1.54, 1.807) is 0 Å². The van der Waals surface area contributed by atoms with Crippen molar-refractivity contribution in [2.45, 2.75) is 44.1 Å². The van der Waals surface area contributed by atoms with Crippen LogP contribution in [-0.2, 0) is 14.8 Å². The van der Waals surface area contributed by atoms with Crippen LogP contribution in [0, 0.1) is 0 Å². The lowest BCUT2D eigenvalue weighted by molar-refractivity contribution is -0.138. The van der Waals surface area contributed by atoms with Crippen molar-refractivity contribution in [2.24, 2.45) is 0 Å². The minimum absolute atomic E-state index is 0.125. The zero-order valence-electron chi connectivity index (χ0n) is 8.82. The summed E-state index contributed by atoms with van der Waals surface area (Å²) in [6, 6.07) is 0. The summed E-state index contributed by atoms with van der Waals surface area (Å²) in [6.45, 7) is 0. The molecule has 0 spiro atoms. The fraction of sp³-hybridized carbons (Fsp3) is 0.889. The Labute approximate surface area is 89.9 Å². The number of aliphatic carboxylic acids is 1. The Bertz CT molecular complexity index is 330. The van der Waals surface area contributed by atoms with Gasteiger partial charge in [-0.2, -0.15) is 0 Å². The summed E-state index contributed by atoms with van der Waals surface area (Å²) in [7, 11) is -3.34.